The van der Waals surface area contributed by atoms with Gasteiger partial charge >= 0.3 is 18.2 Å². The molecule has 4 rings (SSSR count). The van der Waals surface area contributed by atoms with Crippen molar-refractivity contribution in [2.75, 3.05) is 0 Å². The number of para-hydroxylation sites is 1. The summed E-state index contributed by atoms with van der Waals surface area (Å²) < 4.78 is 84.4. The van der Waals surface area contributed by atoms with Gasteiger partial charge in [-0.15, -0.1) is 0 Å². The molecule has 0 aliphatic heterocycles. The summed E-state index contributed by atoms with van der Waals surface area (Å²) in [5.74, 6) is -0.392. The van der Waals surface area contributed by atoms with Gasteiger partial charge in [-0.25, -0.2) is 4.40 Å². The number of oxazole rings is 1. The first kappa shape index (κ1) is 16.4. The van der Waals surface area contributed by atoms with Crippen LogP contribution in [0.4, 0.5) is 26.3 Å². The summed E-state index contributed by atoms with van der Waals surface area (Å²) in [4.78, 5) is 16.6. The van der Waals surface area contributed by atoms with Crippen LogP contribution < -0.4 is 5.56 Å². The molecule has 0 aliphatic rings. The molecule has 0 fully saturated rings. The van der Waals surface area contributed by atoms with Gasteiger partial charge in [-0.2, -0.15) is 31.3 Å². The highest BCUT2D eigenvalue weighted by molar-refractivity contribution is 5.84. The fraction of sp³-hybridized carbons (Fsp3) is 0.125. The number of hydrogen-bond donors (Lipinski definition) is 0. The predicted octanol–water partition coefficient (Wildman–Crippen LogP) is 4.63. The van der Waals surface area contributed by atoms with Gasteiger partial charge in [0.05, 0.1) is 27.5 Å². The molecule has 134 valence electrons. The van der Waals surface area contributed by atoms with E-state index >= 15 is 0 Å². The molecule has 0 unspecified atom stereocenters. The van der Waals surface area contributed by atoms with Gasteiger partial charge in [-0.1, -0.05) is 12.1 Å². The molecule has 0 saturated carbocycles. The number of alkyl halides is 6. The highest BCUT2D eigenvalue weighted by atomic mass is 19.4. The first-order valence-corrected chi connectivity index (χ1v) is 7.10. The summed E-state index contributed by atoms with van der Waals surface area (Å²) in [5, 5.41) is 0.0983. The third-order valence-electron chi connectivity index (χ3n) is 3.90. The average Bonchev–Trinajstić information content (AvgIpc) is 2.90. The third-order valence-corrected chi connectivity index (χ3v) is 3.90. The summed E-state index contributed by atoms with van der Waals surface area (Å²) in [6.45, 7) is 0. The Kier molecular flexibility index (Phi) is 3.15. The van der Waals surface area contributed by atoms with E-state index in [0.29, 0.717) is 0 Å². The normalized spacial score (nSPS) is 13.2. The van der Waals surface area contributed by atoms with Crippen LogP contribution in [0.2, 0.25) is 0 Å². The van der Waals surface area contributed by atoms with Gasteiger partial charge in [0.15, 0.2) is 5.58 Å². The van der Waals surface area contributed by atoms with Crippen LogP contribution in [-0.2, 0) is 12.4 Å². The standard InChI is InChI=1S/C16H6F6N2O2/c17-15(18,19)8-5-11-12(6-9(8)16(20,21)22)26-14-23-10-4-2-1-3-7(10)13(25)24(11)14/h1-6H. The Bertz CT molecular complexity index is 1230. The molecule has 0 saturated heterocycles. The number of rotatable bonds is 0. The Morgan fingerprint density at radius 3 is 2.19 bits per heavy atom. The van der Waals surface area contributed by atoms with Gasteiger partial charge in [-0.3, -0.25) is 4.79 Å². The Hall–Kier alpha value is -3.04. The van der Waals surface area contributed by atoms with Crippen LogP contribution in [0.1, 0.15) is 11.1 Å². The first-order chi connectivity index (χ1) is 12.1. The highest BCUT2D eigenvalue weighted by Gasteiger charge is 2.44. The minimum atomic E-state index is -5.27. The zero-order valence-corrected chi connectivity index (χ0v) is 12.4. The molecule has 2 aromatic carbocycles. The Balaban J connectivity index is 2.21. The predicted molar refractivity (Wildman–Crippen MR) is 78.7 cm³/mol. The number of nitrogens with zero attached hydrogens (tertiary/aromatic N) is 2. The minimum Gasteiger partial charge on any atom is -0.423 e. The van der Waals surface area contributed by atoms with Gasteiger partial charge in [-0.05, 0) is 24.3 Å². The third kappa shape index (κ3) is 2.32. The van der Waals surface area contributed by atoms with E-state index in [1.54, 1.807) is 6.07 Å². The van der Waals surface area contributed by atoms with E-state index in [1.807, 2.05) is 0 Å². The summed E-state index contributed by atoms with van der Waals surface area (Å²) in [5.41, 5.74) is -5.29. The van der Waals surface area contributed by atoms with Gasteiger partial charge < -0.3 is 4.42 Å². The summed E-state index contributed by atoms with van der Waals surface area (Å²) >= 11 is 0. The molecule has 0 spiro atoms. The van der Waals surface area contributed by atoms with Crippen LogP contribution in [0, 0.1) is 0 Å². The van der Waals surface area contributed by atoms with Crippen molar-refractivity contribution in [1.82, 2.24) is 9.38 Å². The molecule has 0 amide bonds. The van der Waals surface area contributed by atoms with E-state index in [2.05, 4.69) is 4.98 Å². The fourth-order valence-electron chi connectivity index (χ4n) is 2.79. The lowest BCUT2D eigenvalue weighted by Crippen LogP contribution is -2.17. The smallest absolute Gasteiger partial charge is 0.417 e. The second-order valence-corrected chi connectivity index (χ2v) is 5.52. The maximum absolute atomic E-state index is 13.1. The molecule has 0 radical (unpaired) electrons. The maximum atomic E-state index is 13.1. The molecule has 0 bridgehead atoms. The summed E-state index contributed by atoms with van der Waals surface area (Å²) in [6.07, 6.45) is -10.5. The molecule has 0 atom stereocenters. The van der Waals surface area contributed by atoms with Crippen molar-refractivity contribution in [3.8, 4) is 0 Å². The van der Waals surface area contributed by atoms with Gasteiger partial charge in [0.1, 0.15) is 0 Å². The summed E-state index contributed by atoms with van der Waals surface area (Å²) in [6, 6.07) is 6.49. The lowest BCUT2D eigenvalue weighted by atomic mass is 10.1. The van der Waals surface area contributed by atoms with E-state index in [1.165, 1.54) is 18.2 Å². The van der Waals surface area contributed by atoms with Gasteiger partial charge in [0.2, 0.25) is 0 Å². The number of fused-ring (bicyclic) bond motifs is 4. The van der Waals surface area contributed by atoms with E-state index in [0.717, 1.165) is 4.40 Å². The van der Waals surface area contributed by atoms with Crippen LogP contribution >= 0.6 is 0 Å². The molecule has 10 heteroatoms. The van der Waals surface area contributed by atoms with Crippen LogP contribution in [0.25, 0.3) is 27.8 Å². The van der Waals surface area contributed by atoms with Crippen LogP contribution in [0.15, 0.2) is 45.6 Å². The molecular weight excluding hydrogens is 366 g/mol. The molecule has 26 heavy (non-hydrogen) atoms. The van der Waals surface area contributed by atoms with Crippen molar-refractivity contribution in [2.24, 2.45) is 0 Å². The zero-order chi connectivity index (χ0) is 18.9. The Morgan fingerprint density at radius 2 is 1.54 bits per heavy atom. The molecular formula is C16H6F6N2O2. The largest absolute Gasteiger partial charge is 0.423 e. The number of hydrogen-bond acceptors (Lipinski definition) is 3. The lowest BCUT2D eigenvalue weighted by molar-refractivity contribution is -0.161. The molecule has 2 heterocycles. The van der Waals surface area contributed by atoms with Gasteiger partial charge in [0.25, 0.3) is 5.56 Å². The van der Waals surface area contributed by atoms with Crippen LogP contribution in [0.3, 0.4) is 0 Å². The molecule has 0 N–H and O–H groups in total. The molecule has 4 aromatic rings. The molecule has 0 aliphatic carbocycles. The quantitative estimate of drug-likeness (QED) is 0.423. The zero-order valence-electron chi connectivity index (χ0n) is 12.4. The monoisotopic (exact) mass is 372 g/mol. The van der Waals surface area contributed by atoms with Crippen molar-refractivity contribution in [2.45, 2.75) is 12.4 Å². The second-order valence-electron chi connectivity index (χ2n) is 5.52. The number of aromatic nitrogens is 2. The SMILES string of the molecule is O=c1c2ccccc2nc2oc3cc(C(F)(F)F)c(C(F)(F)F)cc3n12. The average molecular weight is 372 g/mol. The van der Waals surface area contributed by atoms with Gasteiger partial charge in [0, 0.05) is 0 Å². The maximum Gasteiger partial charge on any atom is 0.417 e. The van der Waals surface area contributed by atoms with E-state index in [9.17, 15) is 31.1 Å². The Labute approximate surface area is 139 Å². The second kappa shape index (κ2) is 4.99. The topological polar surface area (TPSA) is 47.5 Å². The number of halogens is 6. The lowest BCUT2D eigenvalue weighted by Gasteiger charge is -2.15. The van der Waals surface area contributed by atoms with Crippen molar-refractivity contribution >= 4 is 27.8 Å². The van der Waals surface area contributed by atoms with Crippen molar-refractivity contribution < 1.29 is 30.8 Å². The van der Waals surface area contributed by atoms with Crippen molar-refractivity contribution in [1.29, 1.82) is 0 Å². The van der Waals surface area contributed by atoms with Crippen LogP contribution in [-0.4, -0.2) is 9.38 Å². The summed E-state index contributed by atoms with van der Waals surface area (Å²) in [7, 11) is 0. The van der Waals surface area contributed by atoms with E-state index in [4.69, 9.17) is 4.42 Å². The highest BCUT2D eigenvalue weighted by Crippen LogP contribution is 2.42. The minimum absolute atomic E-state index is 0.0983. The molecule has 2 aromatic heterocycles. The number of benzene rings is 2. The fourth-order valence-corrected chi connectivity index (χ4v) is 2.79. The van der Waals surface area contributed by atoms with Crippen molar-refractivity contribution in [3.05, 3.63) is 57.9 Å². The van der Waals surface area contributed by atoms with E-state index < -0.39 is 46.0 Å². The first-order valence-electron chi connectivity index (χ1n) is 7.10. The van der Waals surface area contributed by atoms with Crippen molar-refractivity contribution in [3.63, 3.8) is 0 Å². The van der Waals surface area contributed by atoms with Crippen LogP contribution in [0.5, 0.6) is 0 Å². The van der Waals surface area contributed by atoms with E-state index in [-0.39, 0.29) is 23.0 Å². The molecule has 4 nitrogen and oxygen atoms in total. The Morgan fingerprint density at radius 1 is 0.923 bits per heavy atom.